The van der Waals surface area contributed by atoms with Crippen molar-refractivity contribution in [2.24, 2.45) is 5.73 Å². The summed E-state index contributed by atoms with van der Waals surface area (Å²) in [5.74, 6) is -1.60. The molecule has 0 aliphatic heterocycles. The average molecular weight is 332 g/mol. The summed E-state index contributed by atoms with van der Waals surface area (Å²) >= 11 is 5.84. The number of carbonyl (C=O) groups is 3. The standard InChI is InChI=1S/C17H14ClNO4/c1-10(15(20)13-3-2-4-14(18)9-13)23-17(22)12-7-5-11(6-8-12)16(19)21/h2-10H,1H3,(H2,19,21)/t10-/m0/s1. The third-order valence-corrected chi connectivity index (χ3v) is 3.40. The lowest BCUT2D eigenvalue weighted by molar-refractivity contribution is 0.0318. The molecule has 2 aromatic carbocycles. The van der Waals surface area contributed by atoms with E-state index >= 15 is 0 Å². The molecule has 0 radical (unpaired) electrons. The molecule has 118 valence electrons. The molecule has 5 nitrogen and oxygen atoms in total. The van der Waals surface area contributed by atoms with Crippen molar-refractivity contribution in [1.82, 2.24) is 0 Å². The highest BCUT2D eigenvalue weighted by Gasteiger charge is 2.20. The molecule has 0 aliphatic rings. The molecule has 2 aromatic rings. The van der Waals surface area contributed by atoms with Gasteiger partial charge in [-0.25, -0.2) is 4.79 Å². The predicted molar refractivity (Wildman–Crippen MR) is 85.6 cm³/mol. The van der Waals surface area contributed by atoms with Crippen LogP contribution in [0.1, 0.15) is 38.0 Å². The zero-order valence-electron chi connectivity index (χ0n) is 12.3. The Morgan fingerprint density at radius 1 is 1.00 bits per heavy atom. The van der Waals surface area contributed by atoms with Crippen LogP contribution in [0.25, 0.3) is 0 Å². The summed E-state index contributed by atoms with van der Waals surface area (Å²) in [6.45, 7) is 1.49. The summed E-state index contributed by atoms with van der Waals surface area (Å²) < 4.78 is 5.15. The number of nitrogens with two attached hydrogens (primary N) is 1. The number of ketones is 1. The first-order chi connectivity index (χ1) is 10.9. The van der Waals surface area contributed by atoms with Crippen LogP contribution in [-0.2, 0) is 4.74 Å². The second kappa shape index (κ2) is 7.07. The molecule has 0 saturated heterocycles. The van der Waals surface area contributed by atoms with Gasteiger partial charge in [-0.05, 0) is 43.3 Å². The molecule has 0 aromatic heterocycles. The van der Waals surface area contributed by atoms with Crippen molar-refractivity contribution in [3.63, 3.8) is 0 Å². The van der Waals surface area contributed by atoms with Crippen LogP contribution in [-0.4, -0.2) is 23.8 Å². The van der Waals surface area contributed by atoms with Gasteiger partial charge in [-0.3, -0.25) is 9.59 Å². The lowest BCUT2D eigenvalue weighted by atomic mass is 10.1. The van der Waals surface area contributed by atoms with Gasteiger partial charge in [-0.2, -0.15) is 0 Å². The molecule has 2 rings (SSSR count). The van der Waals surface area contributed by atoms with Crippen LogP contribution in [0.4, 0.5) is 0 Å². The smallest absolute Gasteiger partial charge is 0.338 e. The van der Waals surface area contributed by atoms with Gasteiger partial charge >= 0.3 is 5.97 Å². The summed E-state index contributed by atoms with van der Waals surface area (Å²) in [6, 6.07) is 12.1. The SMILES string of the molecule is C[C@H](OC(=O)c1ccc(C(N)=O)cc1)C(=O)c1cccc(Cl)c1. The fourth-order valence-corrected chi connectivity index (χ4v) is 2.12. The monoisotopic (exact) mass is 331 g/mol. The number of hydrogen-bond donors (Lipinski definition) is 1. The Morgan fingerprint density at radius 2 is 1.61 bits per heavy atom. The number of rotatable bonds is 5. The van der Waals surface area contributed by atoms with Gasteiger partial charge in [0.15, 0.2) is 6.10 Å². The molecule has 1 amide bonds. The topological polar surface area (TPSA) is 86.5 Å². The quantitative estimate of drug-likeness (QED) is 0.674. The van der Waals surface area contributed by atoms with E-state index in [2.05, 4.69) is 0 Å². The predicted octanol–water partition coefficient (Wildman–Crippen LogP) is 2.87. The van der Waals surface area contributed by atoms with E-state index in [4.69, 9.17) is 22.1 Å². The highest BCUT2D eigenvalue weighted by atomic mass is 35.5. The molecule has 1 atom stereocenters. The van der Waals surface area contributed by atoms with Crippen LogP contribution in [0.5, 0.6) is 0 Å². The van der Waals surface area contributed by atoms with E-state index in [1.165, 1.54) is 37.3 Å². The van der Waals surface area contributed by atoms with Crippen LogP contribution in [0.2, 0.25) is 5.02 Å². The molecule has 0 heterocycles. The average Bonchev–Trinajstić information content (AvgIpc) is 2.54. The van der Waals surface area contributed by atoms with Crippen molar-refractivity contribution in [2.45, 2.75) is 13.0 Å². The first-order valence-corrected chi connectivity index (χ1v) is 7.17. The van der Waals surface area contributed by atoms with E-state index in [0.29, 0.717) is 10.6 Å². The van der Waals surface area contributed by atoms with Gasteiger partial charge in [-0.1, -0.05) is 23.7 Å². The van der Waals surface area contributed by atoms with Gasteiger partial charge in [0.1, 0.15) is 0 Å². The molecule has 2 N–H and O–H groups in total. The van der Waals surface area contributed by atoms with Crippen molar-refractivity contribution >= 4 is 29.3 Å². The van der Waals surface area contributed by atoms with Crippen LogP contribution >= 0.6 is 11.6 Å². The van der Waals surface area contributed by atoms with Gasteiger partial charge in [0.05, 0.1) is 5.56 Å². The first-order valence-electron chi connectivity index (χ1n) is 6.79. The van der Waals surface area contributed by atoms with Crippen molar-refractivity contribution in [3.8, 4) is 0 Å². The number of hydrogen-bond acceptors (Lipinski definition) is 4. The Morgan fingerprint density at radius 3 is 2.17 bits per heavy atom. The largest absolute Gasteiger partial charge is 0.451 e. The zero-order valence-corrected chi connectivity index (χ0v) is 13.0. The van der Waals surface area contributed by atoms with Gasteiger partial charge in [0.25, 0.3) is 0 Å². The lowest BCUT2D eigenvalue weighted by Crippen LogP contribution is -2.24. The second-order valence-corrected chi connectivity index (χ2v) is 5.30. The van der Waals surface area contributed by atoms with E-state index < -0.39 is 18.0 Å². The second-order valence-electron chi connectivity index (χ2n) is 4.86. The maximum absolute atomic E-state index is 12.2. The Hall–Kier alpha value is -2.66. The van der Waals surface area contributed by atoms with Crippen LogP contribution in [0.15, 0.2) is 48.5 Å². The summed E-state index contributed by atoms with van der Waals surface area (Å²) in [4.78, 5) is 35.2. The Bertz CT molecular complexity index is 755. The molecular weight excluding hydrogens is 318 g/mol. The third-order valence-electron chi connectivity index (χ3n) is 3.17. The minimum atomic E-state index is -0.961. The highest BCUT2D eigenvalue weighted by molar-refractivity contribution is 6.31. The number of benzene rings is 2. The van der Waals surface area contributed by atoms with Crippen LogP contribution in [0, 0.1) is 0 Å². The normalized spacial score (nSPS) is 11.6. The number of primary amides is 1. The molecule has 0 unspecified atom stereocenters. The van der Waals surface area contributed by atoms with Crippen LogP contribution in [0.3, 0.4) is 0 Å². The third kappa shape index (κ3) is 4.17. The molecule has 0 spiro atoms. The highest BCUT2D eigenvalue weighted by Crippen LogP contribution is 2.14. The molecule has 6 heteroatoms. The first kappa shape index (κ1) is 16.7. The Balaban J connectivity index is 2.07. The number of esters is 1. The van der Waals surface area contributed by atoms with E-state index in [1.54, 1.807) is 18.2 Å². The maximum Gasteiger partial charge on any atom is 0.338 e. The summed E-state index contributed by atoms with van der Waals surface area (Å²) in [5, 5.41) is 0.427. The number of ether oxygens (including phenoxy) is 1. The van der Waals surface area contributed by atoms with Crippen molar-refractivity contribution in [3.05, 3.63) is 70.2 Å². The molecule has 0 saturated carbocycles. The van der Waals surface area contributed by atoms with Gasteiger partial charge < -0.3 is 10.5 Å². The number of amides is 1. The minimum Gasteiger partial charge on any atom is -0.451 e. The van der Waals surface area contributed by atoms with Crippen molar-refractivity contribution < 1.29 is 19.1 Å². The van der Waals surface area contributed by atoms with E-state index in [9.17, 15) is 14.4 Å². The fraction of sp³-hybridized carbons (Fsp3) is 0.118. The van der Waals surface area contributed by atoms with Crippen molar-refractivity contribution in [2.75, 3.05) is 0 Å². The van der Waals surface area contributed by atoms with Crippen molar-refractivity contribution in [1.29, 1.82) is 0 Å². The summed E-state index contributed by atoms with van der Waals surface area (Å²) in [5.41, 5.74) is 5.99. The Labute approximate surface area is 138 Å². The molecule has 0 fully saturated rings. The fourth-order valence-electron chi connectivity index (χ4n) is 1.93. The number of carbonyl (C=O) groups excluding carboxylic acids is 3. The van der Waals surface area contributed by atoms with E-state index in [-0.39, 0.29) is 16.9 Å². The van der Waals surface area contributed by atoms with E-state index in [0.717, 1.165) is 0 Å². The van der Waals surface area contributed by atoms with Gasteiger partial charge in [-0.15, -0.1) is 0 Å². The van der Waals surface area contributed by atoms with E-state index in [1.807, 2.05) is 0 Å². The minimum absolute atomic E-state index is 0.223. The number of Topliss-reactive ketones (excluding diaryl/α,β-unsaturated/α-hetero) is 1. The summed E-state index contributed by atoms with van der Waals surface area (Å²) in [6.07, 6.45) is -0.961. The molecule has 0 aliphatic carbocycles. The number of halogens is 1. The zero-order chi connectivity index (χ0) is 17.0. The van der Waals surface area contributed by atoms with Gasteiger partial charge in [0, 0.05) is 16.1 Å². The lowest BCUT2D eigenvalue weighted by Gasteiger charge is -2.12. The molecule has 23 heavy (non-hydrogen) atoms. The molecule has 0 bridgehead atoms. The van der Waals surface area contributed by atoms with Crippen LogP contribution < -0.4 is 5.73 Å². The Kier molecular flexibility index (Phi) is 5.13. The summed E-state index contributed by atoms with van der Waals surface area (Å²) in [7, 11) is 0. The van der Waals surface area contributed by atoms with Gasteiger partial charge in [0.2, 0.25) is 11.7 Å². The maximum atomic E-state index is 12.2. The molecular formula is C17H14ClNO4.